The van der Waals surface area contributed by atoms with E-state index in [2.05, 4.69) is 22.3 Å². The summed E-state index contributed by atoms with van der Waals surface area (Å²) in [6, 6.07) is 6.19. The van der Waals surface area contributed by atoms with Gasteiger partial charge in [0.25, 0.3) is 0 Å². The van der Waals surface area contributed by atoms with Crippen molar-refractivity contribution in [2.75, 3.05) is 38.2 Å². The van der Waals surface area contributed by atoms with Crippen molar-refractivity contribution in [1.29, 1.82) is 0 Å². The molecule has 2 aliphatic heterocycles. The van der Waals surface area contributed by atoms with Gasteiger partial charge in [0.05, 0.1) is 19.6 Å². The van der Waals surface area contributed by atoms with Crippen molar-refractivity contribution in [3.63, 3.8) is 0 Å². The van der Waals surface area contributed by atoms with Crippen molar-refractivity contribution < 1.29 is 9.53 Å². The van der Waals surface area contributed by atoms with E-state index in [4.69, 9.17) is 17.0 Å². The number of morpholine rings is 1. The molecule has 0 unspecified atom stereocenters. The van der Waals surface area contributed by atoms with Crippen molar-refractivity contribution >= 4 is 28.7 Å². The Morgan fingerprint density at radius 1 is 1.26 bits per heavy atom. The molecular formula is C18H24N2O2S. The van der Waals surface area contributed by atoms with E-state index >= 15 is 0 Å². The first-order valence-electron chi connectivity index (χ1n) is 8.44. The average Bonchev–Trinajstić information content (AvgIpc) is 2.92. The number of thiocarbonyl (C=S) groups is 1. The molecule has 1 saturated heterocycles. The van der Waals surface area contributed by atoms with E-state index in [-0.39, 0.29) is 5.91 Å². The minimum atomic E-state index is 0.0860. The van der Waals surface area contributed by atoms with Crippen LogP contribution in [0.1, 0.15) is 30.4 Å². The summed E-state index contributed by atoms with van der Waals surface area (Å²) < 4.78 is 5.36. The normalized spacial score (nSPS) is 17.8. The van der Waals surface area contributed by atoms with E-state index in [9.17, 15) is 4.79 Å². The number of rotatable bonds is 7. The lowest BCUT2D eigenvalue weighted by Crippen LogP contribution is -2.36. The summed E-state index contributed by atoms with van der Waals surface area (Å²) in [6.45, 7) is 5.01. The van der Waals surface area contributed by atoms with Crippen LogP contribution >= 0.6 is 12.2 Å². The van der Waals surface area contributed by atoms with E-state index in [1.807, 2.05) is 6.07 Å². The average molecular weight is 332 g/mol. The van der Waals surface area contributed by atoms with Gasteiger partial charge in [-0.3, -0.25) is 9.69 Å². The van der Waals surface area contributed by atoms with E-state index in [1.54, 1.807) is 0 Å². The van der Waals surface area contributed by atoms with Gasteiger partial charge in [-0.2, -0.15) is 0 Å². The minimum Gasteiger partial charge on any atom is -0.379 e. The summed E-state index contributed by atoms with van der Waals surface area (Å²) in [4.78, 5) is 15.0. The van der Waals surface area contributed by atoms with E-state index in [0.29, 0.717) is 6.42 Å². The molecule has 0 atom stereocenters. The third-order valence-electron chi connectivity index (χ3n) is 4.48. The van der Waals surface area contributed by atoms with Gasteiger partial charge in [-0.15, -0.1) is 0 Å². The Morgan fingerprint density at radius 3 is 2.91 bits per heavy atom. The minimum absolute atomic E-state index is 0.0860. The lowest BCUT2D eigenvalue weighted by molar-refractivity contribution is -0.115. The van der Waals surface area contributed by atoms with Crippen LogP contribution in [0.25, 0.3) is 0 Å². The van der Waals surface area contributed by atoms with Crippen LogP contribution in [0.4, 0.5) is 5.69 Å². The van der Waals surface area contributed by atoms with Crippen molar-refractivity contribution in [3.8, 4) is 0 Å². The Hall–Kier alpha value is -1.30. The number of nitrogens with one attached hydrogen (secondary N) is 1. The van der Waals surface area contributed by atoms with Gasteiger partial charge >= 0.3 is 0 Å². The quantitative estimate of drug-likeness (QED) is 0.616. The summed E-state index contributed by atoms with van der Waals surface area (Å²) >= 11 is 5.54. The number of unbranched alkanes of at least 4 members (excludes halogenated alkanes) is 1. The number of carbonyl (C=O) groups is 1. The van der Waals surface area contributed by atoms with Crippen LogP contribution in [0.3, 0.4) is 0 Å². The highest BCUT2D eigenvalue weighted by molar-refractivity contribution is 7.80. The summed E-state index contributed by atoms with van der Waals surface area (Å²) in [5.41, 5.74) is 3.27. The van der Waals surface area contributed by atoms with E-state index < -0.39 is 0 Å². The highest BCUT2D eigenvalue weighted by atomic mass is 32.1. The molecule has 1 aromatic rings. The Bertz CT molecular complexity index is 582. The Balaban J connectivity index is 1.38. The van der Waals surface area contributed by atoms with Crippen LogP contribution in [0.5, 0.6) is 0 Å². The third kappa shape index (κ3) is 4.83. The smallest absolute Gasteiger partial charge is 0.228 e. The first-order valence-corrected chi connectivity index (χ1v) is 8.85. The fraction of sp³-hybridized carbons (Fsp3) is 0.556. The molecule has 3 rings (SSSR count). The fourth-order valence-corrected chi connectivity index (χ4v) is 3.50. The number of carbonyl (C=O) groups excluding carboxylic acids is 1. The maximum Gasteiger partial charge on any atom is 0.228 e. The summed E-state index contributed by atoms with van der Waals surface area (Å²) in [5, 5.41) is 2.87. The zero-order valence-electron chi connectivity index (χ0n) is 13.5. The second-order valence-corrected chi connectivity index (χ2v) is 6.92. The molecule has 0 aromatic heterocycles. The number of nitrogens with zero attached hydrogens (tertiary/aromatic N) is 1. The molecule has 23 heavy (non-hydrogen) atoms. The van der Waals surface area contributed by atoms with Gasteiger partial charge in [0.1, 0.15) is 0 Å². The summed E-state index contributed by atoms with van der Waals surface area (Å²) in [5.74, 6) is 0.0860. The standard InChI is InChI=1S/C18H24N2O2S/c21-18-13-15-11-14(4-5-17(15)19-18)12-16(23)3-1-2-6-20-7-9-22-10-8-20/h4-5,11H,1-3,6-10,12-13H2,(H,19,21). The van der Waals surface area contributed by atoms with Gasteiger partial charge in [-0.1, -0.05) is 24.4 Å². The molecule has 1 fully saturated rings. The number of benzene rings is 1. The Morgan fingerprint density at radius 2 is 2.09 bits per heavy atom. The van der Waals surface area contributed by atoms with Crippen LogP contribution in [0.2, 0.25) is 0 Å². The van der Waals surface area contributed by atoms with Crippen LogP contribution in [-0.4, -0.2) is 48.5 Å². The Labute approximate surface area is 143 Å². The second kappa shape index (κ2) is 7.99. The monoisotopic (exact) mass is 332 g/mol. The van der Waals surface area contributed by atoms with Crippen LogP contribution < -0.4 is 5.32 Å². The molecule has 1 N–H and O–H groups in total. The number of anilines is 1. The molecule has 0 saturated carbocycles. The Kier molecular flexibility index (Phi) is 5.75. The van der Waals surface area contributed by atoms with Gasteiger partial charge in [-0.25, -0.2) is 0 Å². The number of fused-ring (bicyclic) bond motifs is 1. The predicted molar refractivity (Wildman–Crippen MR) is 96.2 cm³/mol. The van der Waals surface area contributed by atoms with Crippen LogP contribution in [-0.2, 0) is 22.4 Å². The molecule has 2 aliphatic rings. The van der Waals surface area contributed by atoms with Crippen molar-refractivity contribution in [3.05, 3.63) is 29.3 Å². The number of hydrogen-bond donors (Lipinski definition) is 1. The lowest BCUT2D eigenvalue weighted by Gasteiger charge is -2.26. The largest absolute Gasteiger partial charge is 0.379 e. The topological polar surface area (TPSA) is 41.6 Å². The van der Waals surface area contributed by atoms with Gasteiger partial charge < -0.3 is 10.1 Å². The highest BCUT2D eigenvalue weighted by Crippen LogP contribution is 2.24. The number of ether oxygens (including phenoxy) is 1. The molecule has 2 heterocycles. The molecule has 0 aliphatic carbocycles. The molecule has 4 nitrogen and oxygen atoms in total. The third-order valence-corrected chi connectivity index (χ3v) is 4.83. The molecule has 0 spiro atoms. The summed E-state index contributed by atoms with van der Waals surface area (Å²) in [6.07, 6.45) is 4.70. The zero-order valence-corrected chi connectivity index (χ0v) is 14.3. The molecule has 0 bridgehead atoms. The predicted octanol–water partition coefficient (Wildman–Crippen LogP) is 2.60. The van der Waals surface area contributed by atoms with Crippen LogP contribution in [0, 0.1) is 0 Å². The molecule has 5 heteroatoms. The van der Waals surface area contributed by atoms with E-state index in [1.165, 1.54) is 12.0 Å². The highest BCUT2D eigenvalue weighted by Gasteiger charge is 2.17. The second-order valence-electron chi connectivity index (χ2n) is 6.34. The fourth-order valence-electron chi connectivity index (χ4n) is 3.19. The zero-order chi connectivity index (χ0) is 16.1. The van der Waals surface area contributed by atoms with Crippen LogP contribution in [0.15, 0.2) is 18.2 Å². The van der Waals surface area contributed by atoms with Crippen molar-refractivity contribution in [2.45, 2.75) is 32.1 Å². The first-order chi connectivity index (χ1) is 11.2. The van der Waals surface area contributed by atoms with Crippen molar-refractivity contribution in [2.24, 2.45) is 0 Å². The molecular weight excluding hydrogens is 308 g/mol. The van der Waals surface area contributed by atoms with Gasteiger partial charge in [-0.05, 0) is 47.9 Å². The van der Waals surface area contributed by atoms with Gasteiger partial charge in [0, 0.05) is 25.2 Å². The number of amides is 1. The maximum absolute atomic E-state index is 11.4. The molecule has 124 valence electrons. The van der Waals surface area contributed by atoms with Gasteiger partial charge in [0.15, 0.2) is 0 Å². The summed E-state index contributed by atoms with van der Waals surface area (Å²) in [7, 11) is 0. The SMILES string of the molecule is O=C1Cc2cc(CC(=S)CCCCN3CCOCC3)ccc2N1. The molecule has 1 aromatic carbocycles. The first kappa shape index (κ1) is 16.6. The maximum atomic E-state index is 11.4. The van der Waals surface area contributed by atoms with Crippen molar-refractivity contribution in [1.82, 2.24) is 4.90 Å². The van der Waals surface area contributed by atoms with Gasteiger partial charge in [0.2, 0.25) is 5.91 Å². The molecule has 1 amide bonds. The molecule has 0 radical (unpaired) electrons. The number of hydrogen-bond acceptors (Lipinski definition) is 4. The lowest BCUT2D eigenvalue weighted by atomic mass is 10.0. The van der Waals surface area contributed by atoms with E-state index in [0.717, 1.165) is 68.2 Å².